The van der Waals surface area contributed by atoms with Gasteiger partial charge in [0, 0.05) is 43.2 Å². The number of likely N-dealkylation sites (tertiary alicyclic amines) is 1. The van der Waals surface area contributed by atoms with E-state index in [2.05, 4.69) is 18.5 Å². The summed E-state index contributed by atoms with van der Waals surface area (Å²) < 4.78 is 6.86. The Morgan fingerprint density at radius 3 is 2.96 bits per heavy atom. The first-order valence-electron chi connectivity index (χ1n) is 7.65. The maximum absolute atomic E-state index is 12.0. The van der Waals surface area contributed by atoms with E-state index in [1.54, 1.807) is 30.4 Å². The van der Waals surface area contributed by atoms with Gasteiger partial charge in [-0.1, -0.05) is 24.4 Å². The van der Waals surface area contributed by atoms with E-state index < -0.39 is 0 Å². The van der Waals surface area contributed by atoms with Crippen LogP contribution in [0.3, 0.4) is 0 Å². The van der Waals surface area contributed by atoms with Crippen LogP contribution >= 0.6 is 11.8 Å². The number of hydrogen-bond donors (Lipinski definition) is 0. The number of aromatic nitrogens is 2. The minimum Gasteiger partial charge on any atom is -0.445 e. The average molecular weight is 337 g/mol. The molecule has 0 saturated carbocycles. The van der Waals surface area contributed by atoms with Gasteiger partial charge in [0.2, 0.25) is 0 Å². The van der Waals surface area contributed by atoms with E-state index >= 15 is 0 Å². The summed E-state index contributed by atoms with van der Waals surface area (Å²) in [6.07, 6.45) is 8.22. The second kappa shape index (κ2) is 7.68. The number of thioether (sulfide) groups is 1. The van der Waals surface area contributed by atoms with Crippen LogP contribution in [0.1, 0.15) is 32.7 Å². The highest BCUT2D eigenvalue weighted by Gasteiger charge is 2.43. The van der Waals surface area contributed by atoms with E-state index in [-0.39, 0.29) is 28.6 Å². The summed E-state index contributed by atoms with van der Waals surface area (Å²) in [6, 6.07) is 0.202. The lowest BCUT2D eigenvalue weighted by atomic mass is 9.98. The lowest BCUT2D eigenvalue weighted by Crippen LogP contribution is -2.36. The van der Waals surface area contributed by atoms with Gasteiger partial charge in [0.1, 0.15) is 6.61 Å². The standard InChI is InChI=1S/C16H23N3O3S/c1-4-9-22-15(21)18-7-5-16(11-18,23-14(3)20)10-13(2)19-8-6-17-12-19/h4,6,8,12-13H,1,5,7,9-11H2,2-3H3/t13-,16?/m0/s1. The third kappa shape index (κ3) is 4.60. The van der Waals surface area contributed by atoms with E-state index in [4.69, 9.17) is 4.74 Å². The molecule has 1 aliphatic heterocycles. The molecule has 0 radical (unpaired) electrons. The van der Waals surface area contributed by atoms with Crippen LogP contribution in [0.4, 0.5) is 4.79 Å². The molecule has 1 aromatic rings. The molecular formula is C16H23N3O3S. The van der Waals surface area contributed by atoms with Gasteiger partial charge in [-0.3, -0.25) is 4.79 Å². The molecule has 0 N–H and O–H groups in total. The topological polar surface area (TPSA) is 64.4 Å². The number of hydrogen-bond acceptors (Lipinski definition) is 5. The van der Waals surface area contributed by atoms with Gasteiger partial charge in [-0.05, 0) is 19.8 Å². The maximum Gasteiger partial charge on any atom is 0.410 e. The lowest BCUT2D eigenvalue weighted by molar-refractivity contribution is -0.109. The normalized spacial score (nSPS) is 21.9. The largest absolute Gasteiger partial charge is 0.445 e. The summed E-state index contributed by atoms with van der Waals surface area (Å²) in [7, 11) is 0. The van der Waals surface area contributed by atoms with Crippen LogP contribution in [0, 0.1) is 0 Å². The van der Waals surface area contributed by atoms with Crippen LogP contribution in [0.2, 0.25) is 0 Å². The Morgan fingerprint density at radius 1 is 1.57 bits per heavy atom. The zero-order valence-corrected chi connectivity index (χ0v) is 14.4. The van der Waals surface area contributed by atoms with Crippen LogP contribution < -0.4 is 0 Å². The molecule has 7 heteroatoms. The first-order valence-corrected chi connectivity index (χ1v) is 8.47. The molecule has 0 spiro atoms. The predicted octanol–water partition coefficient (Wildman–Crippen LogP) is 2.88. The van der Waals surface area contributed by atoms with Crippen LogP contribution in [0.25, 0.3) is 0 Å². The smallest absolute Gasteiger partial charge is 0.410 e. The van der Waals surface area contributed by atoms with E-state index in [0.717, 1.165) is 12.8 Å². The zero-order valence-electron chi connectivity index (χ0n) is 13.6. The Morgan fingerprint density at radius 2 is 2.35 bits per heavy atom. The van der Waals surface area contributed by atoms with Crippen molar-refractivity contribution >= 4 is 23.0 Å². The highest BCUT2D eigenvalue weighted by atomic mass is 32.2. The fourth-order valence-corrected chi connectivity index (χ4v) is 4.34. The molecule has 23 heavy (non-hydrogen) atoms. The molecule has 0 aliphatic carbocycles. The summed E-state index contributed by atoms with van der Waals surface area (Å²) in [4.78, 5) is 29.5. The Labute approximate surface area is 140 Å². The minimum absolute atomic E-state index is 0.0733. The quantitative estimate of drug-likeness (QED) is 0.747. The van der Waals surface area contributed by atoms with Crippen LogP contribution in [-0.4, -0.2) is 50.1 Å². The van der Waals surface area contributed by atoms with Crippen LogP contribution in [0.15, 0.2) is 31.4 Å². The monoisotopic (exact) mass is 337 g/mol. The Balaban J connectivity index is 2.06. The molecule has 1 fully saturated rings. The number of nitrogens with zero attached hydrogens (tertiary/aromatic N) is 3. The van der Waals surface area contributed by atoms with Crippen molar-refractivity contribution in [2.75, 3.05) is 19.7 Å². The molecular weight excluding hydrogens is 314 g/mol. The van der Waals surface area contributed by atoms with Crippen LogP contribution in [0.5, 0.6) is 0 Å². The number of rotatable bonds is 6. The fourth-order valence-electron chi connectivity index (χ4n) is 2.99. The molecule has 1 saturated heterocycles. The summed E-state index contributed by atoms with van der Waals surface area (Å²) >= 11 is 1.34. The SMILES string of the molecule is C=CCOC(=O)N1CCC(C[C@H](C)n2ccnc2)(SC(C)=O)C1. The van der Waals surface area contributed by atoms with Crippen molar-refractivity contribution < 1.29 is 14.3 Å². The number of amides is 1. The molecule has 0 bridgehead atoms. The van der Waals surface area contributed by atoms with E-state index in [9.17, 15) is 9.59 Å². The molecule has 2 rings (SSSR count). The van der Waals surface area contributed by atoms with Gasteiger partial charge in [-0.25, -0.2) is 9.78 Å². The molecule has 1 aliphatic rings. The van der Waals surface area contributed by atoms with Crippen molar-refractivity contribution in [2.45, 2.75) is 37.5 Å². The number of carbonyl (C=O) groups excluding carboxylic acids is 2. The van der Waals surface area contributed by atoms with Crippen molar-refractivity contribution in [2.24, 2.45) is 0 Å². The molecule has 0 aromatic carbocycles. The lowest BCUT2D eigenvalue weighted by Gasteiger charge is -2.30. The number of imidazole rings is 1. The highest BCUT2D eigenvalue weighted by molar-refractivity contribution is 8.14. The second-order valence-corrected chi connectivity index (χ2v) is 7.52. The zero-order chi connectivity index (χ0) is 16.9. The third-order valence-corrected chi connectivity index (χ3v) is 5.18. The van der Waals surface area contributed by atoms with E-state index in [1.165, 1.54) is 11.8 Å². The Bertz CT molecular complexity index is 561. The summed E-state index contributed by atoms with van der Waals surface area (Å²) in [5.41, 5.74) is 0. The fraction of sp³-hybridized carbons (Fsp3) is 0.562. The number of carbonyl (C=O) groups is 2. The minimum atomic E-state index is -0.341. The summed E-state index contributed by atoms with van der Waals surface area (Å²) in [5.74, 6) is 0. The molecule has 1 aromatic heterocycles. The van der Waals surface area contributed by atoms with Gasteiger partial charge in [0.25, 0.3) is 0 Å². The molecule has 2 atom stereocenters. The highest BCUT2D eigenvalue weighted by Crippen LogP contribution is 2.42. The molecule has 6 nitrogen and oxygen atoms in total. The molecule has 126 valence electrons. The van der Waals surface area contributed by atoms with Crippen molar-refractivity contribution in [3.05, 3.63) is 31.4 Å². The average Bonchev–Trinajstić information content (AvgIpc) is 3.14. The first kappa shape index (κ1) is 17.6. The summed E-state index contributed by atoms with van der Waals surface area (Å²) in [5, 5.41) is 0.0733. The molecule has 1 amide bonds. The van der Waals surface area contributed by atoms with Crippen molar-refractivity contribution in [3.8, 4) is 0 Å². The molecule has 1 unspecified atom stereocenters. The van der Waals surface area contributed by atoms with Gasteiger partial charge in [-0.15, -0.1) is 0 Å². The molecule has 2 heterocycles. The van der Waals surface area contributed by atoms with Gasteiger partial charge in [-0.2, -0.15) is 0 Å². The van der Waals surface area contributed by atoms with Gasteiger partial charge >= 0.3 is 6.09 Å². The van der Waals surface area contributed by atoms with E-state index in [1.807, 2.05) is 10.8 Å². The Hall–Kier alpha value is -1.76. The van der Waals surface area contributed by atoms with Gasteiger partial charge in [0.15, 0.2) is 5.12 Å². The van der Waals surface area contributed by atoms with Crippen molar-refractivity contribution in [1.82, 2.24) is 14.5 Å². The second-order valence-electron chi connectivity index (χ2n) is 5.88. The third-order valence-electron chi connectivity index (χ3n) is 3.96. The first-order chi connectivity index (χ1) is 11.0. The van der Waals surface area contributed by atoms with E-state index in [0.29, 0.717) is 13.1 Å². The summed E-state index contributed by atoms with van der Waals surface area (Å²) in [6.45, 7) is 8.54. The van der Waals surface area contributed by atoms with Crippen LogP contribution in [-0.2, 0) is 9.53 Å². The van der Waals surface area contributed by atoms with Gasteiger partial charge < -0.3 is 14.2 Å². The van der Waals surface area contributed by atoms with Gasteiger partial charge in [0.05, 0.1) is 6.33 Å². The van der Waals surface area contributed by atoms with Crippen molar-refractivity contribution in [3.63, 3.8) is 0 Å². The maximum atomic E-state index is 12.0. The Kier molecular flexibility index (Phi) is 5.87. The predicted molar refractivity (Wildman–Crippen MR) is 90.3 cm³/mol. The van der Waals surface area contributed by atoms with Crippen molar-refractivity contribution in [1.29, 1.82) is 0 Å². The number of ether oxygens (including phenoxy) is 1.